The molecule has 0 aliphatic carbocycles. The Bertz CT molecular complexity index is 214. The van der Waals surface area contributed by atoms with Crippen LogP contribution in [0.5, 0.6) is 0 Å². The fourth-order valence-electron chi connectivity index (χ4n) is 0.413. The number of halogens is 7. The molecule has 0 saturated heterocycles. The largest absolute Gasteiger partial charge is 0.473 e. The van der Waals surface area contributed by atoms with Crippen LogP contribution in [0.1, 0.15) is 0 Å². The standard InChI is InChI=1S/C5H2F7O2/c6-1-3(7,8)4(9,10)5(11,12)14-2-13/h1H2. The van der Waals surface area contributed by atoms with Crippen molar-refractivity contribution in [3.8, 4) is 0 Å². The molecule has 0 aromatic carbocycles. The van der Waals surface area contributed by atoms with Crippen LogP contribution in [0.25, 0.3) is 0 Å². The molecule has 0 unspecified atom stereocenters. The Morgan fingerprint density at radius 1 is 1.07 bits per heavy atom. The molecule has 0 aromatic rings. The van der Waals surface area contributed by atoms with Gasteiger partial charge in [0.1, 0.15) is 0 Å². The van der Waals surface area contributed by atoms with Gasteiger partial charge in [-0.1, -0.05) is 0 Å². The minimum Gasteiger partial charge on any atom is -0.387 e. The van der Waals surface area contributed by atoms with Crippen LogP contribution in [0.3, 0.4) is 0 Å². The van der Waals surface area contributed by atoms with Crippen LogP contribution in [0, 0.1) is 0 Å². The van der Waals surface area contributed by atoms with Crippen molar-refractivity contribution in [2.45, 2.75) is 18.0 Å². The monoisotopic (exact) mass is 227 g/mol. The average molecular weight is 227 g/mol. The number of ether oxygens (including phenoxy) is 1. The lowest BCUT2D eigenvalue weighted by Gasteiger charge is -2.28. The van der Waals surface area contributed by atoms with E-state index < -0.39 is 24.6 Å². The van der Waals surface area contributed by atoms with E-state index in [9.17, 15) is 35.5 Å². The normalized spacial score (nSPS) is 13.9. The second-order valence-electron chi connectivity index (χ2n) is 2.11. The summed E-state index contributed by atoms with van der Waals surface area (Å²) in [4.78, 5) is 9.18. The Labute approximate surface area is 72.6 Å². The van der Waals surface area contributed by atoms with E-state index in [1.165, 1.54) is 0 Å². The number of carbonyl (C=O) groups excluding carboxylic acids is 1. The van der Waals surface area contributed by atoms with Gasteiger partial charge in [-0.3, -0.25) is 0 Å². The van der Waals surface area contributed by atoms with Crippen LogP contribution in [0.15, 0.2) is 0 Å². The summed E-state index contributed by atoms with van der Waals surface area (Å²) >= 11 is 0. The lowest BCUT2D eigenvalue weighted by atomic mass is 10.2. The molecule has 0 spiro atoms. The maximum atomic E-state index is 12.1. The summed E-state index contributed by atoms with van der Waals surface area (Å²) in [6.45, 7) is -3.14. The predicted octanol–water partition coefficient (Wildman–Crippen LogP) is 1.90. The Balaban J connectivity index is 5.01. The van der Waals surface area contributed by atoms with Crippen molar-refractivity contribution in [1.82, 2.24) is 0 Å². The molecule has 0 bridgehead atoms. The molecular formula is C5H2F7O2. The van der Waals surface area contributed by atoms with Gasteiger partial charge in [0.25, 0.3) is 0 Å². The lowest BCUT2D eigenvalue weighted by molar-refractivity contribution is -0.378. The highest BCUT2D eigenvalue weighted by Crippen LogP contribution is 2.46. The molecule has 0 atom stereocenters. The maximum absolute atomic E-state index is 12.1. The van der Waals surface area contributed by atoms with Crippen LogP contribution < -0.4 is 0 Å². The first-order valence-corrected chi connectivity index (χ1v) is 2.87. The molecule has 1 radical (unpaired) electrons. The van der Waals surface area contributed by atoms with Gasteiger partial charge in [-0.05, 0) is 0 Å². The number of rotatable bonds is 5. The minimum absolute atomic E-state index is 0.126. The highest BCUT2D eigenvalue weighted by Gasteiger charge is 2.74. The van der Waals surface area contributed by atoms with Crippen molar-refractivity contribution in [3.63, 3.8) is 0 Å². The molecule has 0 aliphatic heterocycles. The van der Waals surface area contributed by atoms with Gasteiger partial charge in [0.2, 0.25) is 0 Å². The molecule has 0 rings (SSSR count). The van der Waals surface area contributed by atoms with E-state index in [1.54, 1.807) is 0 Å². The molecule has 14 heavy (non-hydrogen) atoms. The van der Waals surface area contributed by atoms with Crippen LogP contribution in [0.4, 0.5) is 30.7 Å². The van der Waals surface area contributed by atoms with Gasteiger partial charge in [0.15, 0.2) is 6.67 Å². The molecule has 0 amide bonds. The van der Waals surface area contributed by atoms with Crippen LogP contribution >= 0.6 is 0 Å². The van der Waals surface area contributed by atoms with Gasteiger partial charge in [-0.15, -0.1) is 0 Å². The van der Waals surface area contributed by atoms with Crippen molar-refractivity contribution < 1.29 is 40.3 Å². The first-order chi connectivity index (χ1) is 6.12. The second kappa shape index (κ2) is 3.62. The molecule has 0 fully saturated rings. The topological polar surface area (TPSA) is 26.3 Å². The first-order valence-electron chi connectivity index (χ1n) is 2.87. The summed E-state index contributed by atoms with van der Waals surface area (Å²) in [6.07, 6.45) is -5.82. The molecular weight excluding hydrogens is 225 g/mol. The Morgan fingerprint density at radius 3 is 1.79 bits per heavy atom. The Hall–Kier alpha value is -1.02. The summed E-state index contributed by atoms with van der Waals surface area (Å²) < 4.78 is 85.8. The predicted molar refractivity (Wildman–Crippen MR) is 27.6 cm³/mol. The van der Waals surface area contributed by atoms with E-state index in [4.69, 9.17) is 0 Å². The van der Waals surface area contributed by atoms with Crippen molar-refractivity contribution in [2.75, 3.05) is 6.67 Å². The molecule has 0 saturated carbocycles. The van der Waals surface area contributed by atoms with Gasteiger partial charge in [-0.2, -0.15) is 26.3 Å². The lowest BCUT2D eigenvalue weighted by Crippen LogP contribution is -2.56. The zero-order valence-electron chi connectivity index (χ0n) is 6.17. The van der Waals surface area contributed by atoms with Gasteiger partial charge in [0.05, 0.1) is 0 Å². The zero-order chi connectivity index (χ0) is 11.6. The fraction of sp³-hybridized carbons (Fsp3) is 0.800. The number of hydrogen-bond acceptors (Lipinski definition) is 2. The van der Waals surface area contributed by atoms with Crippen LogP contribution in [0.2, 0.25) is 0 Å². The molecule has 0 N–H and O–H groups in total. The number of hydrogen-bond donors (Lipinski definition) is 0. The smallest absolute Gasteiger partial charge is 0.387 e. The van der Waals surface area contributed by atoms with E-state index >= 15 is 0 Å². The summed E-state index contributed by atoms with van der Waals surface area (Å²) in [6, 6.07) is 0. The number of alkyl halides is 7. The Morgan fingerprint density at radius 2 is 1.50 bits per heavy atom. The van der Waals surface area contributed by atoms with Gasteiger partial charge < -0.3 is 4.74 Å². The molecule has 0 aromatic heterocycles. The van der Waals surface area contributed by atoms with E-state index in [0.717, 1.165) is 0 Å². The molecule has 0 heterocycles. The molecule has 83 valence electrons. The second-order valence-corrected chi connectivity index (χ2v) is 2.11. The van der Waals surface area contributed by atoms with E-state index in [1.807, 2.05) is 0 Å². The third-order valence-electron chi connectivity index (χ3n) is 1.16. The highest BCUT2D eigenvalue weighted by atomic mass is 19.4. The average Bonchev–Trinajstić information content (AvgIpc) is 2.03. The Kier molecular flexibility index (Phi) is 3.35. The summed E-state index contributed by atoms with van der Waals surface area (Å²) in [5.41, 5.74) is 0. The summed E-state index contributed by atoms with van der Waals surface area (Å²) in [5.74, 6) is -11.8. The first kappa shape index (κ1) is 13.0. The third-order valence-corrected chi connectivity index (χ3v) is 1.16. The van der Waals surface area contributed by atoms with Crippen molar-refractivity contribution in [3.05, 3.63) is 0 Å². The van der Waals surface area contributed by atoms with E-state index in [0.29, 0.717) is 0 Å². The molecule has 2 nitrogen and oxygen atoms in total. The highest BCUT2D eigenvalue weighted by molar-refractivity contribution is 5.39. The minimum atomic E-state index is -6.13. The SMILES string of the molecule is O=[C]OC(F)(F)C(F)(F)C(F)(F)CF. The zero-order valence-corrected chi connectivity index (χ0v) is 6.17. The maximum Gasteiger partial charge on any atom is 0.473 e. The molecule has 9 heteroatoms. The summed E-state index contributed by atoms with van der Waals surface area (Å²) in [5, 5.41) is 0. The molecule has 0 aliphatic rings. The van der Waals surface area contributed by atoms with Gasteiger partial charge in [-0.25, -0.2) is 9.18 Å². The van der Waals surface area contributed by atoms with Crippen molar-refractivity contribution in [2.24, 2.45) is 0 Å². The third kappa shape index (κ3) is 1.90. The van der Waals surface area contributed by atoms with Crippen LogP contribution in [-0.4, -0.2) is 31.1 Å². The quantitative estimate of drug-likeness (QED) is 0.670. The van der Waals surface area contributed by atoms with E-state index in [2.05, 4.69) is 4.74 Å². The fourth-order valence-corrected chi connectivity index (χ4v) is 0.413. The van der Waals surface area contributed by atoms with Crippen molar-refractivity contribution in [1.29, 1.82) is 0 Å². The van der Waals surface area contributed by atoms with Crippen LogP contribution in [-0.2, 0) is 9.53 Å². The van der Waals surface area contributed by atoms with Gasteiger partial charge >= 0.3 is 24.4 Å². The summed E-state index contributed by atoms with van der Waals surface area (Å²) in [7, 11) is 0. The van der Waals surface area contributed by atoms with Gasteiger partial charge in [0, 0.05) is 0 Å². The van der Waals surface area contributed by atoms with E-state index in [-0.39, 0.29) is 6.47 Å². The van der Waals surface area contributed by atoms with Crippen molar-refractivity contribution >= 4 is 6.47 Å².